The average Bonchev–Trinajstić information content (AvgIpc) is 2.46. The Hall–Kier alpha value is -2.56. The summed E-state index contributed by atoms with van der Waals surface area (Å²) in [4.78, 5) is 32.0. The molecule has 2 aromatic rings. The van der Waals surface area contributed by atoms with Gasteiger partial charge in [0.25, 0.3) is 0 Å². The van der Waals surface area contributed by atoms with Crippen molar-refractivity contribution in [2.45, 2.75) is 27.2 Å². The predicted molar refractivity (Wildman–Crippen MR) is 82.0 cm³/mol. The van der Waals surface area contributed by atoms with Crippen LogP contribution in [0.3, 0.4) is 0 Å². The first-order chi connectivity index (χ1) is 10.3. The molecule has 0 amide bonds. The molecule has 0 fully saturated rings. The van der Waals surface area contributed by atoms with Gasteiger partial charge in [0.05, 0.1) is 5.56 Å². The van der Waals surface area contributed by atoms with Gasteiger partial charge in [0.15, 0.2) is 11.5 Å². The molecule has 0 aliphatic carbocycles. The van der Waals surface area contributed by atoms with Crippen molar-refractivity contribution in [2.75, 3.05) is 0 Å². The molecule has 1 heterocycles. The largest absolute Gasteiger partial charge is 0.476 e. The summed E-state index contributed by atoms with van der Waals surface area (Å²) in [6.07, 6.45) is 1.74. The van der Waals surface area contributed by atoms with Gasteiger partial charge in [-0.2, -0.15) is 0 Å². The maximum absolute atomic E-state index is 12.3. The third kappa shape index (κ3) is 3.55. The molecule has 1 aromatic carbocycles. The van der Waals surface area contributed by atoms with Gasteiger partial charge in [-0.25, -0.2) is 14.8 Å². The van der Waals surface area contributed by atoms with E-state index in [9.17, 15) is 14.7 Å². The van der Waals surface area contributed by atoms with E-state index in [1.165, 1.54) is 6.20 Å². The van der Waals surface area contributed by atoms with E-state index < -0.39 is 11.4 Å². The number of aromatic carboxylic acids is 1. The van der Waals surface area contributed by atoms with Crippen LogP contribution in [0, 0.1) is 5.41 Å². The molecule has 0 saturated carbocycles. The molecule has 0 bridgehead atoms. The van der Waals surface area contributed by atoms with Crippen molar-refractivity contribution in [1.29, 1.82) is 0 Å². The number of carbonyl (C=O) groups excluding carboxylic acids is 1. The average molecular weight is 298 g/mol. The molecule has 0 unspecified atom stereocenters. The van der Waals surface area contributed by atoms with Gasteiger partial charge in [0, 0.05) is 18.0 Å². The number of benzene rings is 1. The van der Waals surface area contributed by atoms with E-state index in [4.69, 9.17) is 0 Å². The summed E-state index contributed by atoms with van der Waals surface area (Å²) in [5.41, 5.74) is 0.112. The molecule has 0 saturated heterocycles. The Morgan fingerprint density at radius 2 is 1.77 bits per heavy atom. The second kappa shape index (κ2) is 6.05. The molecule has 0 atom stereocenters. The van der Waals surface area contributed by atoms with Crippen LogP contribution >= 0.6 is 0 Å². The summed E-state index contributed by atoms with van der Waals surface area (Å²) in [7, 11) is 0. The van der Waals surface area contributed by atoms with Gasteiger partial charge in [-0.1, -0.05) is 51.1 Å². The van der Waals surface area contributed by atoms with Crippen LogP contribution in [0.5, 0.6) is 0 Å². The maximum atomic E-state index is 12.3. The highest BCUT2D eigenvalue weighted by molar-refractivity contribution is 6.06. The van der Waals surface area contributed by atoms with Crippen molar-refractivity contribution in [1.82, 2.24) is 9.97 Å². The van der Waals surface area contributed by atoms with Crippen LogP contribution in [0.15, 0.2) is 36.5 Å². The highest BCUT2D eigenvalue weighted by Crippen LogP contribution is 2.22. The molecular weight excluding hydrogens is 280 g/mol. The first kappa shape index (κ1) is 15.8. The molecule has 1 N–H and O–H groups in total. The third-order valence-electron chi connectivity index (χ3n) is 3.17. The van der Waals surface area contributed by atoms with Gasteiger partial charge in [-0.15, -0.1) is 0 Å². The van der Waals surface area contributed by atoms with E-state index in [2.05, 4.69) is 9.97 Å². The van der Waals surface area contributed by atoms with E-state index in [1.807, 2.05) is 30.3 Å². The number of hydrogen-bond acceptors (Lipinski definition) is 4. The van der Waals surface area contributed by atoms with Crippen molar-refractivity contribution >= 4 is 11.8 Å². The molecule has 0 spiro atoms. The lowest BCUT2D eigenvalue weighted by molar-refractivity contribution is 0.0680. The molecular formula is C17H18N2O3. The Morgan fingerprint density at radius 1 is 1.14 bits per heavy atom. The monoisotopic (exact) mass is 298 g/mol. The van der Waals surface area contributed by atoms with Gasteiger partial charge >= 0.3 is 5.97 Å². The summed E-state index contributed by atoms with van der Waals surface area (Å²) < 4.78 is 0. The highest BCUT2D eigenvalue weighted by atomic mass is 16.4. The van der Waals surface area contributed by atoms with E-state index in [0.717, 1.165) is 5.56 Å². The van der Waals surface area contributed by atoms with Gasteiger partial charge in [0.1, 0.15) is 5.82 Å². The van der Waals surface area contributed by atoms with Crippen LogP contribution in [0.25, 0.3) is 0 Å². The zero-order valence-corrected chi connectivity index (χ0v) is 12.8. The number of rotatable bonds is 4. The summed E-state index contributed by atoms with van der Waals surface area (Å²) in [5, 5.41) is 9.33. The van der Waals surface area contributed by atoms with E-state index in [0.29, 0.717) is 12.2 Å². The van der Waals surface area contributed by atoms with Crippen LogP contribution < -0.4 is 0 Å². The molecule has 0 aliphatic rings. The zero-order valence-electron chi connectivity index (χ0n) is 12.8. The lowest BCUT2D eigenvalue weighted by atomic mass is 9.86. The lowest BCUT2D eigenvalue weighted by Crippen LogP contribution is -2.24. The van der Waals surface area contributed by atoms with Gasteiger partial charge in [0.2, 0.25) is 0 Å². The van der Waals surface area contributed by atoms with Gasteiger partial charge < -0.3 is 5.11 Å². The van der Waals surface area contributed by atoms with Crippen molar-refractivity contribution < 1.29 is 14.7 Å². The van der Waals surface area contributed by atoms with Crippen LogP contribution in [0.4, 0.5) is 0 Å². The van der Waals surface area contributed by atoms with Crippen molar-refractivity contribution in [3.8, 4) is 0 Å². The topological polar surface area (TPSA) is 80.2 Å². The van der Waals surface area contributed by atoms with E-state index in [-0.39, 0.29) is 17.0 Å². The molecule has 2 rings (SSSR count). The number of aromatic nitrogens is 2. The minimum absolute atomic E-state index is 0.0526. The summed E-state index contributed by atoms with van der Waals surface area (Å²) in [6.45, 7) is 5.20. The lowest BCUT2D eigenvalue weighted by Gasteiger charge is -2.17. The minimum Gasteiger partial charge on any atom is -0.476 e. The predicted octanol–water partition coefficient (Wildman–Crippen LogP) is 2.99. The number of carbonyl (C=O) groups is 2. The van der Waals surface area contributed by atoms with Crippen LogP contribution in [0.2, 0.25) is 0 Å². The van der Waals surface area contributed by atoms with Gasteiger partial charge in [-0.05, 0) is 5.56 Å². The Labute approximate surface area is 129 Å². The molecule has 22 heavy (non-hydrogen) atoms. The van der Waals surface area contributed by atoms with Crippen molar-refractivity contribution in [2.24, 2.45) is 5.41 Å². The maximum Gasteiger partial charge on any atom is 0.355 e. The fourth-order valence-corrected chi connectivity index (χ4v) is 2.02. The number of ketones is 1. The fraction of sp³-hybridized carbons (Fsp3) is 0.294. The fourth-order valence-electron chi connectivity index (χ4n) is 2.02. The van der Waals surface area contributed by atoms with Crippen LogP contribution in [-0.4, -0.2) is 26.8 Å². The Bertz CT molecular complexity index is 704. The Kier molecular flexibility index (Phi) is 4.35. The number of nitrogens with zero attached hydrogens (tertiary/aromatic N) is 2. The third-order valence-corrected chi connectivity index (χ3v) is 3.17. The van der Waals surface area contributed by atoms with Crippen LogP contribution in [-0.2, 0) is 6.42 Å². The summed E-state index contributed by atoms with van der Waals surface area (Å²) >= 11 is 0. The summed E-state index contributed by atoms with van der Waals surface area (Å²) in [5.74, 6) is -1.12. The van der Waals surface area contributed by atoms with E-state index >= 15 is 0 Å². The minimum atomic E-state index is -1.22. The molecule has 1 aromatic heterocycles. The van der Waals surface area contributed by atoms with Crippen molar-refractivity contribution in [3.63, 3.8) is 0 Å². The molecule has 5 heteroatoms. The van der Waals surface area contributed by atoms with Crippen LogP contribution in [0.1, 0.15) is 53.0 Å². The quantitative estimate of drug-likeness (QED) is 0.878. The normalized spacial score (nSPS) is 11.2. The molecule has 0 radical (unpaired) electrons. The first-order valence-corrected chi connectivity index (χ1v) is 6.97. The Morgan fingerprint density at radius 3 is 2.32 bits per heavy atom. The number of Topliss-reactive ketones (excluding diaryl/α,β-unsaturated/α-hetero) is 1. The Balaban J connectivity index is 2.40. The van der Waals surface area contributed by atoms with E-state index in [1.54, 1.807) is 20.8 Å². The number of carboxylic acids is 1. The first-order valence-electron chi connectivity index (χ1n) is 6.97. The standard InChI is InChI=1S/C17H18N2O3/c1-17(2,3)15(20)12-10-18-13(19-14(12)16(21)22)9-11-7-5-4-6-8-11/h4-8,10H,9H2,1-3H3,(H,21,22). The second-order valence-electron chi connectivity index (χ2n) is 6.10. The summed E-state index contributed by atoms with van der Waals surface area (Å²) in [6, 6.07) is 9.52. The smallest absolute Gasteiger partial charge is 0.355 e. The number of hydrogen-bond donors (Lipinski definition) is 1. The molecule has 114 valence electrons. The van der Waals surface area contributed by atoms with Crippen molar-refractivity contribution in [3.05, 3.63) is 59.2 Å². The zero-order chi connectivity index (χ0) is 16.3. The SMILES string of the molecule is CC(C)(C)C(=O)c1cnc(Cc2ccccc2)nc1C(=O)O. The number of carboxylic acid groups (broad SMARTS) is 1. The second-order valence-corrected chi connectivity index (χ2v) is 6.10. The van der Waals surface area contributed by atoms with Gasteiger partial charge in [-0.3, -0.25) is 4.79 Å². The molecule has 0 aliphatic heterocycles. The molecule has 5 nitrogen and oxygen atoms in total. The highest BCUT2D eigenvalue weighted by Gasteiger charge is 2.28.